The Hall–Kier alpha value is -1.60. The van der Waals surface area contributed by atoms with Crippen LogP contribution in [0, 0.1) is 0 Å². The smallest absolute Gasteiger partial charge is 0.325 e. The summed E-state index contributed by atoms with van der Waals surface area (Å²) in [6, 6.07) is 4.91. The number of hydrogen-bond donors (Lipinski definition) is 1. The van der Waals surface area contributed by atoms with E-state index in [2.05, 4.69) is 15.9 Å². The molecule has 6 nitrogen and oxygen atoms in total. The number of benzene rings is 1. The van der Waals surface area contributed by atoms with Gasteiger partial charge in [-0.15, -0.1) is 0 Å². The summed E-state index contributed by atoms with van der Waals surface area (Å²) in [4.78, 5) is 25.4. The topological polar surface area (TPSA) is 81.9 Å². The normalized spacial score (nSPS) is 10.2. The second-order valence-electron chi connectivity index (χ2n) is 4.26. The van der Waals surface area contributed by atoms with Crippen LogP contribution in [0.4, 0.5) is 5.69 Å². The van der Waals surface area contributed by atoms with Crippen molar-refractivity contribution in [3.05, 3.63) is 28.2 Å². The van der Waals surface area contributed by atoms with Gasteiger partial charge in [-0.2, -0.15) is 0 Å². The summed E-state index contributed by atoms with van der Waals surface area (Å²) in [5.41, 5.74) is 6.65. The second kappa shape index (κ2) is 8.63. The van der Waals surface area contributed by atoms with Crippen LogP contribution in [0.1, 0.15) is 17.3 Å². The van der Waals surface area contributed by atoms with Gasteiger partial charge in [-0.3, -0.25) is 9.59 Å². The minimum atomic E-state index is -0.452. The van der Waals surface area contributed by atoms with Crippen molar-refractivity contribution in [2.45, 2.75) is 6.92 Å². The lowest BCUT2D eigenvalue weighted by atomic mass is 10.1. The number of esters is 1. The summed E-state index contributed by atoms with van der Waals surface area (Å²) < 4.78 is 10.6. The van der Waals surface area contributed by atoms with E-state index in [0.29, 0.717) is 28.9 Å². The van der Waals surface area contributed by atoms with Crippen LogP contribution in [0.5, 0.6) is 0 Å². The molecule has 1 amide bonds. The van der Waals surface area contributed by atoms with Crippen LogP contribution in [0.15, 0.2) is 22.7 Å². The molecule has 0 spiro atoms. The van der Waals surface area contributed by atoms with Gasteiger partial charge in [0.1, 0.15) is 6.54 Å². The molecular weight excluding hydrogens is 340 g/mol. The minimum absolute atomic E-state index is 0.119. The Balaban J connectivity index is 2.87. The lowest BCUT2D eigenvalue weighted by Gasteiger charge is -2.21. The average molecular weight is 359 g/mol. The molecule has 0 aliphatic heterocycles. The van der Waals surface area contributed by atoms with Crippen LogP contribution >= 0.6 is 15.9 Å². The van der Waals surface area contributed by atoms with E-state index in [4.69, 9.17) is 15.2 Å². The van der Waals surface area contributed by atoms with Gasteiger partial charge < -0.3 is 20.1 Å². The first kappa shape index (κ1) is 17.5. The number of halogens is 1. The van der Waals surface area contributed by atoms with Crippen molar-refractivity contribution in [2.75, 3.05) is 39.1 Å². The molecule has 0 aliphatic rings. The average Bonchev–Trinajstić information content (AvgIpc) is 2.46. The molecule has 7 heteroatoms. The molecule has 0 heterocycles. The number of anilines is 1. The summed E-state index contributed by atoms with van der Waals surface area (Å²) in [5.74, 6) is -0.744. The maximum atomic E-state index is 12.4. The predicted octanol–water partition coefficient (Wildman–Crippen LogP) is 1.68. The molecule has 21 heavy (non-hydrogen) atoms. The number of carbonyl (C=O) groups excluding carboxylic acids is 2. The number of nitrogens with zero attached hydrogens (tertiary/aromatic N) is 1. The van der Waals surface area contributed by atoms with Gasteiger partial charge in [0.15, 0.2) is 0 Å². The van der Waals surface area contributed by atoms with Crippen molar-refractivity contribution < 1.29 is 19.1 Å². The first-order chi connectivity index (χ1) is 9.99. The van der Waals surface area contributed by atoms with Crippen LogP contribution in [0.25, 0.3) is 0 Å². The highest BCUT2D eigenvalue weighted by molar-refractivity contribution is 9.10. The zero-order chi connectivity index (χ0) is 15.8. The Kier molecular flexibility index (Phi) is 7.18. The third-order valence-corrected chi connectivity index (χ3v) is 3.44. The van der Waals surface area contributed by atoms with Gasteiger partial charge in [-0.25, -0.2) is 0 Å². The fourth-order valence-corrected chi connectivity index (χ4v) is 1.92. The molecule has 0 saturated heterocycles. The summed E-state index contributed by atoms with van der Waals surface area (Å²) in [6.07, 6.45) is 0. The maximum absolute atomic E-state index is 12.4. The van der Waals surface area contributed by atoms with E-state index in [-0.39, 0.29) is 19.1 Å². The Morgan fingerprint density at radius 1 is 1.38 bits per heavy atom. The molecule has 0 bridgehead atoms. The molecule has 2 N–H and O–H groups in total. The van der Waals surface area contributed by atoms with E-state index < -0.39 is 5.97 Å². The first-order valence-electron chi connectivity index (χ1n) is 6.48. The molecule has 1 aromatic carbocycles. The van der Waals surface area contributed by atoms with Crippen molar-refractivity contribution in [3.63, 3.8) is 0 Å². The van der Waals surface area contributed by atoms with Crippen LogP contribution in [-0.4, -0.2) is 50.2 Å². The third kappa shape index (κ3) is 5.35. The molecule has 0 unspecified atom stereocenters. The summed E-state index contributed by atoms with van der Waals surface area (Å²) in [6.45, 7) is 2.50. The van der Waals surface area contributed by atoms with Gasteiger partial charge >= 0.3 is 5.97 Å². The van der Waals surface area contributed by atoms with Crippen molar-refractivity contribution in [3.8, 4) is 0 Å². The SMILES string of the molecule is CCOC(=O)CN(CCOC)C(=O)c1ccc(Br)c(N)c1. The van der Waals surface area contributed by atoms with E-state index in [1.54, 1.807) is 25.1 Å². The highest BCUT2D eigenvalue weighted by Gasteiger charge is 2.19. The van der Waals surface area contributed by atoms with Gasteiger partial charge in [0, 0.05) is 29.4 Å². The highest BCUT2D eigenvalue weighted by atomic mass is 79.9. The third-order valence-electron chi connectivity index (χ3n) is 2.72. The zero-order valence-corrected chi connectivity index (χ0v) is 13.7. The predicted molar refractivity (Wildman–Crippen MR) is 83.0 cm³/mol. The van der Waals surface area contributed by atoms with E-state index >= 15 is 0 Å². The van der Waals surface area contributed by atoms with Crippen LogP contribution in [0.3, 0.4) is 0 Å². The summed E-state index contributed by atoms with van der Waals surface area (Å²) in [7, 11) is 1.53. The largest absolute Gasteiger partial charge is 0.465 e. The molecule has 0 atom stereocenters. The van der Waals surface area contributed by atoms with Gasteiger partial charge in [-0.1, -0.05) is 0 Å². The number of nitrogen functional groups attached to an aromatic ring is 1. The maximum Gasteiger partial charge on any atom is 0.325 e. The molecule has 0 fully saturated rings. The molecule has 1 rings (SSSR count). The lowest BCUT2D eigenvalue weighted by molar-refractivity contribution is -0.143. The van der Waals surface area contributed by atoms with Gasteiger partial charge in [-0.05, 0) is 41.1 Å². The number of carbonyl (C=O) groups is 2. The Bertz CT molecular complexity index is 508. The molecule has 0 aliphatic carbocycles. The lowest BCUT2D eigenvalue weighted by Crippen LogP contribution is -2.38. The molecule has 0 aromatic heterocycles. The fourth-order valence-electron chi connectivity index (χ4n) is 1.68. The molecule has 0 radical (unpaired) electrons. The van der Waals surface area contributed by atoms with Crippen LogP contribution < -0.4 is 5.73 Å². The fraction of sp³-hybridized carbons (Fsp3) is 0.429. The number of hydrogen-bond acceptors (Lipinski definition) is 5. The van der Waals surface area contributed by atoms with Gasteiger partial charge in [0.05, 0.1) is 13.2 Å². The zero-order valence-electron chi connectivity index (χ0n) is 12.1. The van der Waals surface area contributed by atoms with Crippen molar-refractivity contribution >= 4 is 33.5 Å². The monoisotopic (exact) mass is 358 g/mol. The van der Waals surface area contributed by atoms with E-state index in [9.17, 15) is 9.59 Å². The van der Waals surface area contributed by atoms with Gasteiger partial charge in [0.25, 0.3) is 5.91 Å². The Morgan fingerprint density at radius 2 is 2.10 bits per heavy atom. The number of amides is 1. The highest BCUT2D eigenvalue weighted by Crippen LogP contribution is 2.21. The summed E-state index contributed by atoms with van der Waals surface area (Å²) in [5, 5.41) is 0. The minimum Gasteiger partial charge on any atom is -0.465 e. The van der Waals surface area contributed by atoms with Crippen molar-refractivity contribution in [2.24, 2.45) is 0 Å². The standard InChI is InChI=1S/C14H19BrN2O4/c1-3-21-13(18)9-17(6-7-20-2)14(19)10-4-5-11(15)12(16)8-10/h4-5,8H,3,6-7,9,16H2,1-2H3. The molecule has 0 saturated carbocycles. The molecule has 1 aromatic rings. The summed E-state index contributed by atoms with van der Waals surface area (Å²) >= 11 is 3.27. The second-order valence-corrected chi connectivity index (χ2v) is 5.12. The quantitative estimate of drug-likeness (QED) is 0.592. The van der Waals surface area contributed by atoms with E-state index in [1.807, 2.05) is 0 Å². The van der Waals surface area contributed by atoms with Crippen LogP contribution in [0.2, 0.25) is 0 Å². The Morgan fingerprint density at radius 3 is 2.67 bits per heavy atom. The van der Waals surface area contributed by atoms with E-state index in [0.717, 1.165) is 0 Å². The Labute approximate surface area is 132 Å². The van der Waals surface area contributed by atoms with E-state index in [1.165, 1.54) is 12.0 Å². The molecular formula is C14H19BrN2O4. The van der Waals surface area contributed by atoms with Crippen molar-refractivity contribution in [1.82, 2.24) is 4.90 Å². The first-order valence-corrected chi connectivity index (χ1v) is 7.27. The molecule has 116 valence electrons. The van der Waals surface area contributed by atoms with Crippen molar-refractivity contribution in [1.29, 1.82) is 0 Å². The number of rotatable bonds is 7. The number of methoxy groups -OCH3 is 1. The number of nitrogens with two attached hydrogens (primary N) is 1. The van der Waals surface area contributed by atoms with Crippen LogP contribution in [-0.2, 0) is 14.3 Å². The van der Waals surface area contributed by atoms with Gasteiger partial charge in [0.2, 0.25) is 0 Å². The number of ether oxygens (including phenoxy) is 2.